The smallest absolute Gasteiger partial charge is 0.501 e. The van der Waals surface area contributed by atoms with Crippen LogP contribution < -0.4 is 0 Å². The van der Waals surface area contributed by atoms with Gasteiger partial charge in [-0.1, -0.05) is 26.8 Å². The van der Waals surface area contributed by atoms with E-state index >= 15 is 0 Å². The largest absolute Gasteiger partial charge is 0.508 e. The molecule has 5 nitrogen and oxygen atoms in total. The van der Waals surface area contributed by atoms with Crippen LogP contribution in [0.3, 0.4) is 0 Å². The van der Waals surface area contributed by atoms with Gasteiger partial charge >= 0.3 is 6.16 Å². The first kappa shape index (κ1) is 19.5. The van der Waals surface area contributed by atoms with Crippen LogP contribution in [-0.4, -0.2) is 31.8 Å². The number of carbonyl (C=O) groups excluding carboxylic acids is 2. The first-order valence-electron chi connectivity index (χ1n) is 10.5. The summed E-state index contributed by atoms with van der Waals surface area (Å²) in [6.07, 6.45) is 8.63. The molecular weight excluding hydrogens is 356 g/mol. The molecule has 0 bridgehead atoms. The van der Waals surface area contributed by atoms with E-state index in [1.54, 1.807) is 7.11 Å². The SMILES string of the molecule is COC(=O)O[C@]12CC[C@]3(C)C(=O)[C@@H](C)C[C@H]3[C@@H]1CC=C1C=C(OC)CC[C@@]12C. The van der Waals surface area contributed by atoms with Crippen molar-refractivity contribution in [3.05, 3.63) is 23.5 Å². The molecule has 4 rings (SSSR count). The lowest BCUT2D eigenvalue weighted by Crippen LogP contribution is -2.64. The zero-order chi connectivity index (χ0) is 20.3. The van der Waals surface area contributed by atoms with Gasteiger partial charge in [-0.25, -0.2) is 4.79 Å². The Hall–Kier alpha value is -1.78. The Balaban J connectivity index is 1.84. The molecule has 4 aliphatic carbocycles. The maximum Gasteiger partial charge on any atom is 0.508 e. The standard InChI is InChI=1S/C23H32O5/c1-14-12-18-17-7-6-15-13-16(26-4)8-9-22(15,3)23(17,28-20(25)27-5)11-10-21(18,2)19(14)24/h6,13-14,17-18H,7-12H2,1-5H3/t14-,17-,18-,21-,22-,23+/m0/s1. The number of Topliss-reactive ketones (excluding diaryl/α,β-unsaturated/α-hetero) is 1. The van der Waals surface area contributed by atoms with Gasteiger partial charge in [0.15, 0.2) is 0 Å². The molecule has 4 aliphatic rings. The minimum absolute atomic E-state index is 0.0773. The fourth-order valence-electron chi connectivity index (χ4n) is 6.91. The van der Waals surface area contributed by atoms with Crippen LogP contribution in [0.2, 0.25) is 0 Å². The molecule has 0 unspecified atom stereocenters. The Kier molecular flexibility index (Phi) is 4.44. The summed E-state index contributed by atoms with van der Waals surface area (Å²) in [7, 11) is 3.08. The Morgan fingerprint density at radius 2 is 1.89 bits per heavy atom. The second kappa shape index (κ2) is 6.36. The van der Waals surface area contributed by atoms with E-state index in [9.17, 15) is 9.59 Å². The highest BCUT2D eigenvalue weighted by Gasteiger charge is 2.68. The quantitative estimate of drug-likeness (QED) is 0.635. The van der Waals surface area contributed by atoms with Crippen molar-refractivity contribution in [3.8, 4) is 0 Å². The molecular formula is C23H32O5. The monoisotopic (exact) mass is 388 g/mol. The van der Waals surface area contributed by atoms with Gasteiger partial charge in [0.2, 0.25) is 0 Å². The summed E-state index contributed by atoms with van der Waals surface area (Å²) < 4.78 is 16.7. The predicted molar refractivity (Wildman–Crippen MR) is 104 cm³/mol. The first-order chi connectivity index (χ1) is 13.2. The Bertz CT molecular complexity index is 767. The molecule has 0 spiro atoms. The highest BCUT2D eigenvalue weighted by atomic mass is 16.7. The van der Waals surface area contributed by atoms with Crippen LogP contribution in [0.5, 0.6) is 0 Å². The average molecular weight is 389 g/mol. The van der Waals surface area contributed by atoms with Crippen LogP contribution in [0.1, 0.15) is 59.3 Å². The van der Waals surface area contributed by atoms with Crippen molar-refractivity contribution in [2.75, 3.05) is 14.2 Å². The molecule has 0 radical (unpaired) electrons. The number of methoxy groups -OCH3 is 2. The highest BCUT2D eigenvalue weighted by molar-refractivity contribution is 5.89. The van der Waals surface area contributed by atoms with Gasteiger partial charge in [-0.05, 0) is 49.7 Å². The van der Waals surface area contributed by atoms with E-state index in [0.717, 1.165) is 37.9 Å². The number of allylic oxidation sites excluding steroid dienone is 3. The van der Waals surface area contributed by atoms with Crippen molar-refractivity contribution >= 4 is 11.9 Å². The molecule has 0 aromatic heterocycles. The summed E-state index contributed by atoms with van der Waals surface area (Å²) in [6, 6.07) is 0. The van der Waals surface area contributed by atoms with E-state index in [4.69, 9.17) is 14.2 Å². The summed E-state index contributed by atoms with van der Waals surface area (Å²) >= 11 is 0. The van der Waals surface area contributed by atoms with Crippen LogP contribution in [0.15, 0.2) is 23.5 Å². The summed E-state index contributed by atoms with van der Waals surface area (Å²) in [5, 5.41) is 0. The summed E-state index contributed by atoms with van der Waals surface area (Å²) in [6.45, 7) is 6.41. The maximum absolute atomic E-state index is 13.0. The Morgan fingerprint density at radius 3 is 2.57 bits per heavy atom. The molecule has 2 fully saturated rings. The summed E-state index contributed by atoms with van der Waals surface area (Å²) in [4.78, 5) is 25.4. The van der Waals surface area contributed by atoms with Crippen molar-refractivity contribution in [2.24, 2.45) is 28.6 Å². The normalized spacial score (nSPS) is 44.5. The van der Waals surface area contributed by atoms with Crippen molar-refractivity contribution in [3.63, 3.8) is 0 Å². The third-order valence-electron chi connectivity index (χ3n) is 8.58. The van der Waals surface area contributed by atoms with E-state index in [1.165, 1.54) is 12.7 Å². The zero-order valence-electron chi connectivity index (χ0n) is 17.7. The molecule has 0 aromatic carbocycles. The molecule has 5 heteroatoms. The molecule has 154 valence electrons. The molecule has 0 heterocycles. The zero-order valence-corrected chi connectivity index (χ0v) is 17.7. The summed E-state index contributed by atoms with van der Waals surface area (Å²) in [5.41, 5.74) is -0.0648. The van der Waals surface area contributed by atoms with E-state index < -0.39 is 11.8 Å². The van der Waals surface area contributed by atoms with Gasteiger partial charge in [-0.15, -0.1) is 0 Å². The fourth-order valence-corrected chi connectivity index (χ4v) is 6.91. The van der Waals surface area contributed by atoms with Crippen molar-refractivity contribution in [1.82, 2.24) is 0 Å². The number of hydrogen-bond donors (Lipinski definition) is 0. The summed E-state index contributed by atoms with van der Waals surface area (Å²) in [5.74, 6) is 1.80. The molecule has 0 aliphatic heterocycles. The Labute approximate surface area is 167 Å². The molecule has 0 saturated heterocycles. The number of carbonyl (C=O) groups is 2. The molecule has 0 aromatic rings. The second-order valence-electron chi connectivity index (χ2n) is 9.62. The van der Waals surface area contributed by atoms with Gasteiger partial charge in [-0.2, -0.15) is 0 Å². The number of hydrogen-bond acceptors (Lipinski definition) is 5. The van der Waals surface area contributed by atoms with Crippen LogP contribution in [-0.2, 0) is 19.0 Å². The topological polar surface area (TPSA) is 61.8 Å². The van der Waals surface area contributed by atoms with Gasteiger partial charge in [0.25, 0.3) is 0 Å². The lowest BCUT2D eigenvalue weighted by atomic mass is 9.46. The Morgan fingerprint density at radius 1 is 1.14 bits per heavy atom. The molecule has 28 heavy (non-hydrogen) atoms. The van der Waals surface area contributed by atoms with Crippen LogP contribution >= 0.6 is 0 Å². The van der Waals surface area contributed by atoms with E-state index in [2.05, 4.69) is 32.9 Å². The first-order valence-corrected chi connectivity index (χ1v) is 10.5. The third-order valence-corrected chi connectivity index (χ3v) is 8.58. The lowest BCUT2D eigenvalue weighted by molar-refractivity contribution is -0.187. The van der Waals surface area contributed by atoms with Crippen LogP contribution in [0, 0.1) is 28.6 Å². The number of rotatable bonds is 2. The molecule has 0 amide bonds. The third kappa shape index (κ3) is 2.37. The second-order valence-corrected chi connectivity index (χ2v) is 9.62. The maximum atomic E-state index is 13.0. The van der Waals surface area contributed by atoms with Crippen molar-refractivity contribution < 1.29 is 23.8 Å². The van der Waals surface area contributed by atoms with Gasteiger partial charge in [0, 0.05) is 29.1 Å². The van der Waals surface area contributed by atoms with Crippen LogP contribution in [0.25, 0.3) is 0 Å². The average Bonchev–Trinajstić information content (AvgIpc) is 2.91. The molecule has 6 atom stereocenters. The van der Waals surface area contributed by atoms with Gasteiger partial charge < -0.3 is 14.2 Å². The number of ketones is 1. The van der Waals surface area contributed by atoms with Crippen molar-refractivity contribution in [1.29, 1.82) is 0 Å². The molecule has 0 N–H and O–H groups in total. The minimum atomic E-state index is -0.644. The number of fused-ring (bicyclic) bond motifs is 5. The van der Waals surface area contributed by atoms with E-state index in [1.807, 2.05) is 0 Å². The molecule has 2 saturated carbocycles. The highest BCUT2D eigenvalue weighted by Crippen LogP contribution is 2.67. The van der Waals surface area contributed by atoms with Crippen LogP contribution in [0.4, 0.5) is 4.79 Å². The van der Waals surface area contributed by atoms with Gasteiger partial charge in [0.05, 0.1) is 20.0 Å². The fraction of sp³-hybridized carbons (Fsp3) is 0.739. The van der Waals surface area contributed by atoms with Gasteiger partial charge in [0.1, 0.15) is 11.4 Å². The van der Waals surface area contributed by atoms with Crippen molar-refractivity contribution in [2.45, 2.75) is 64.9 Å². The lowest BCUT2D eigenvalue weighted by Gasteiger charge is -2.61. The van der Waals surface area contributed by atoms with E-state index in [0.29, 0.717) is 12.2 Å². The predicted octanol–water partition coefficient (Wildman–Crippen LogP) is 4.81. The number of ether oxygens (including phenoxy) is 3. The van der Waals surface area contributed by atoms with E-state index in [-0.39, 0.29) is 28.6 Å². The van der Waals surface area contributed by atoms with Gasteiger partial charge in [-0.3, -0.25) is 4.79 Å². The minimum Gasteiger partial charge on any atom is -0.501 e.